The number of hydrogen-bond acceptors (Lipinski definition) is 5. The van der Waals surface area contributed by atoms with Gasteiger partial charge in [0, 0.05) is 5.02 Å². The summed E-state index contributed by atoms with van der Waals surface area (Å²) in [4.78, 5) is 16.2. The molecule has 0 saturated carbocycles. The number of anilines is 1. The predicted octanol–water partition coefficient (Wildman–Crippen LogP) is 5.44. The van der Waals surface area contributed by atoms with Gasteiger partial charge in [-0.3, -0.25) is 9.89 Å². The van der Waals surface area contributed by atoms with Crippen LogP contribution in [0.2, 0.25) is 10.0 Å². The molecule has 0 aliphatic rings. The number of H-pyrrole nitrogens is 1. The number of nitrogens with one attached hydrogen (secondary N) is 2. The number of nitrogens with zero attached hydrogens (tertiary/aromatic N) is 2. The van der Waals surface area contributed by atoms with Gasteiger partial charge in [0.2, 0.25) is 11.1 Å². The number of aromatic nitrogens is 3. The first-order valence-electron chi connectivity index (χ1n) is 8.30. The van der Waals surface area contributed by atoms with Crippen LogP contribution in [-0.4, -0.2) is 26.8 Å². The molecule has 0 bridgehead atoms. The van der Waals surface area contributed by atoms with E-state index in [9.17, 15) is 18.0 Å². The van der Waals surface area contributed by atoms with Crippen LogP contribution in [0, 0.1) is 0 Å². The van der Waals surface area contributed by atoms with E-state index in [1.807, 2.05) is 0 Å². The largest absolute Gasteiger partial charge is 0.486 e. The highest BCUT2D eigenvalue weighted by Crippen LogP contribution is 2.33. The summed E-state index contributed by atoms with van der Waals surface area (Å²) >= 11 is 12.7. The normalized spacial score (nSPS) is 11.4. The second-order valence-electron chi connectivity index (χ2n) is 5.84. The number of hydrogen-bond donors (Lipinski definition) is 2. The zero-order chi connectivity index (χ0) is 21.7. The lowest BCUT2D eigenvalue weighted by atomic mass is 10.2. The summed E-state index contributed by atoms with van der Waals surface area (Å²) in [5, 5.41) is 9.87. The van der Waals surface area contributed by atoms with Crippen molar-refractivity contribution < 1.29 is 22.7 Å². The van der Waals surface area contributed by atoms with Gasteiger partial charge in [0.15, 0.2) is 5.82 Å². The predicted molar refractivity (Wildman–Crippen MR) is 108 cm³/mol. The van der Waals surface area contributed by atoms with Gasteiger partial charge in [-0.05, 0) is 42.5 Å². The van der Waals surface area contributed by atoms with E-state index in [1.54, 1.807) is 24.3 Å². The van der Waals surface area contributed by atoms with Gasteiger partial charge in [-0.1, -0.05) is 35.0 Å². The van der Waals surface area contributed by atoms with Gasteiger partial charge in [0.25, 0.3) is 0 Å². The number of ether oxygens (including phenoxy) is 1. The molecule has 1 aromatic heterocycles. The molecule has 1 amide bonds. The van der Waals surface area contributed by atoms with E-state index in [1.165, 1.54) is 0 Å². The van der Waals surface area contributed by atoms with Crippen LogP contribution in [0.5, 0.6) is 5.75 Å². The molecule has 0 unspecified atom stereocenters. The van der Waals surface area contributed by atoms with E-state index in [0.29, 0.717) is 16.6 Å². The van der Waals surface area contributed by atoms with Gasteiger partial charge in [0.1, 0.15) is 12.4 Å². The first-order valence-corrected chi connectivity index (χ1v) is 10.0. The smallest absolute Gasteiger partial charge is 0.416 e. The topological polar surface area (TPSA) is 79.9 Å². The third-order valence-electron chi connectivity index (χ3n) is 3.60. The van der Waals surface area contributed by atoms with E-state index in [0.717, 1.165) is 30.0 Å². The first kappa shape index (κ1) is 22.3. The second-order valence-corrected chi connectivity index (χ2v) is 7.62. The summed E-state index contributed by atoms with van der Waals surface area (Å²) in [6.45, 7) is 0.126. The molecule has 0 aliphatic heterocycles. The maximum absolute atomic E-state index is 12.8. The number of alkyl halides is 3. The highest BCUT2D eigenvalue weighted by molar-refractivity contribution is 7.99. The van der Waals surface area contributed by atoms with Gasteiger partial charge < -0.3 is 10.1 Å². The molecule has 0 radical (unpaired) electrons. The number of amides is 1. The van der Waals surface area contributed by atoms with E-state index >= 15 is 0 Å². The fourth-order valence-electron chi connectivity index (χ4n) is 2.20. The summed E-state index contributed by atoms with van der Waals surface area (Å²) in [6.07, 6.45) is -4.54. The molecule has 0 aliphatic carbocycles. The summed E-state index contributed by atoms with van der Waals surface area (Å²) in [6, 6.07) is 9.49. The molecule has 2 aromatic carbocycles. The minimum absolute atomic E-state index is 0.000814. The van der Waals surface area contributed by atoms with Crippen molar-refractivity contribution in [3.63, 3.8) is 0 Å². The average molecular weight is 477 g/mol. The van der Waals surface area contributed by atoms with Crippen LogP contribution >= 0.6 is 35.0 Å². The summed E-state index contributed by atoms with van der Waals surface area (Å²) < 4.78 is 43.9. The molecule has 0 atom stereocenters. The number of carbonyl (C=O) groups excluding carboxylic acids is 1. The third-order valence-corrected chi connectivity index (χ3v) is 5.03. The summed E-state index contributed by atoms with van der Waals surface area (Å²) in [7, 11) is 0. The van der Waals surface area contributed by atoms with Crippen LogP contribution in [-0.2, 0) is 17.6 Å². The lowest BCUT2D eigenvalue weighted by Gasteiger charge is -2.11. The minimum atomic E-state index is -4.54. The number of thioether (sulfide) groups is 1. The molecule has 12 heteroatoms. The van der Waals surface area contributed by atoms with Gasteiger partial charge in [-0.2, -0.15) is 13.2 Å². The van der Waals surface area contributed by atoms with Crippen LogP contribution in [0.25, 0.3) is 0 Å². The SMILES string of the molecule is O=C(CSc1n[nH]c(COc2ccc(Cl)cc2)n1)Nc1cc(C(F)(F)F)ccc1Cl. The molecular formula is C18H13Cl2F3N4O2S. The zero-order valence-corrected chi connectivity index (χ0v) is 17.3. The Bertz CT molecular complexity index is 1030. The summed E-state index contributed by atoms with van der Waals surface area (Å²) in [5.41, 5.74) is -1.03. The Morgan fingerprint density at radius 3 is 2.60 bits per heavy atom. The van der Waals surface area contributed by atoms with Crippen molar-refractivity contribution >= 4 is 46.6 Å². The lowest BCUT2D eigenvalue weighted by molar-refractivity contribution is -0.137. The highest BCUT2D eigenvalue weighted by Gasteiger charge is 2.31. The Morgan fingerprint density at radius 2 is 1.90 bits per heavy atom. The molecule has 3 aromatic rings. The average Bonchev–Trinajstić information content (AvgIpc) is 3.15. The first-order chi connectivity index (χ1) is 14.2. The molecule has 2 N–H and O–H groups in total. The van der Waals surface area contributed by atoms with E-state index in [-0.39, 0.29) is 28.2 Å². The number of rotatable bonds is 7. The van der Waals surface area contributed by atoms with Crippen molar-refractivity contribution in [2.75, 3.05) is 11.1 Å². The van der Waals surface area contributed by atoms with Crippen molar-refractivity contribution in [2.45, 2.75) is 17.9 Å². The number of halogens is 5. The Hall–Kier alpha value is -2.43. The minimum Gasteiger partial charge on any atom is -0.486 e. The molecule has 158 valence electrons. The Kier molecular flexibility index (Phi) is 7.11. The molecule has 1 heterocycles. The Balaban J connectivity index is 1.51. The van der Waals surface area contributed by atoms with Crippen molar-refractivity contribution in [3.8, 4) is 5.75 Å². The maximum Gasteiger partial charge on any atom is 0.416 e. The molecule has 3 rings (SSSR count). The standard InChI is InChI=1S/C18H13Cl2F3N4O2S/c19-11-2-4-12(5-3-11)29-8-15-25-17(27-26-15)30-9-16(28)24-14-7-10(18(21,22)23)1-6-13(14)20/h1-7H,8-9H2,(H,24,28)(H,25,26,27). The number of carbonyl (C=O) groups is 1. The fraction of sp³-hybridized carbons (Fsp3) is 0.167. The van der Waals surface area contributed by atoms with Crippen molar-refractivity contribution in [2.24, 2.45) is 0 Å². The van der Waals surface area contributed by atoms with E-state index < -0.39 is 17.6 Å². The van der Waals surface area contributed by atoms with Crippen LogP contribution in [0.4, 0.5) is 18.9 Å². The van der Waals surface area contributed by atoms with Crippen LogP contribution in [0.15, 0.2) is 47.6 Å². The molecule has 0 fully saturated rings. The molecule has 0 saturated heterocycles. The lowest BCUT2D eigenvalue weighted by Crippen LogP contribution is -2.15. The van der Waals surface area contributed by atoms with E-state index in [4.69, 9.17) is 27.9 Å². The monoisotopic (exact) mass is 476 g/mol. The molecular weight excluding hydrogens is 464 g/mol. The number of benzene rings is 2. The van der Waals surface area contributed by atoms with Gasteiger partial charge in [-0.25, -0.2) is 4.98 Å². The van der Waals surface area contributed by atoms with Gasteiger partial charge in [-0.15, -0.1) is 5.10 Å². The highest BCUT2D eigenvalue weighted by atomic mass is 35.5. The zero-order valence-electron chi connectivity index (χ0n) is 15.0. The van der Waals surface area contributed by atoms with Crippen molar-refractivity contribution in [1.29, 1.82) is 0 Å². The van der Waals surface area contributed by atoms with Crippen molar-refractivity contribution in [1.82, 2.24) is 15.2 Å². The van der Waals surface area contributed by atoms with Crippen molar-refractivity contribution in [3.05, 3.63) is 63.9 Å². The van der Waals surface area contributed by atoms with E-state index in [2.05, 4.69) is 20.5 Å². The third kappa shape index (κ3) is 6.28. The van der Waals surface area contributed by atoms with Crippen LogP contribution in [0.3, 0.4) is 0 Å². The Labute approximate surface area is 183 Å². The molecule has 30 heavy (non-hydrogen) atoms. The second kappa shape index (κ2) is 9.59. The Morgan fingerprint density at radius 1 is 1.17 bits per heavy atom. The number of aromatic amines is 1. The van der Waals surface area contributed by atoms with Crippen LogP contribution < -0.4 is 10.1 Å². The molecule has 6 nitrogen and oxygen atoms in total. The quantitative estimate of drug-likeness (QED) is 0.443. The van der Waals surface area contributed by atoms with Crippen LogP contribution in [0.1, 0.15) is 11.4 Å². The summed E-state index contributed by atoms with van der Waals surface area (Å²) in [5.74, 6) is 0.364. The van der Waals surface area contributed by atoms with Gasteiger partial charge >= 0.3 is 6.18 Å². The fourth-order valence-corrected chi connectivity index (χ4v) is 3.11. The maximum atomic E-state index is 12.8. The molecule has 0 spiro atoms. The van der Waals surface area contributed by atoms with Gasteiger partial charge in [0.05, 0.1) is 22.0 Å².